The molecule has 0 saturated heterocycles. The van der Waals surface area contributed by atoms with Gasteiger partial charge in [0.15, 0.2) is 0 Å². The Morgan fingerprint density at radius 3 is 2.15 bits per heavy atom. The van der Waals surface area contributed by atoms with Crippen molar-refractivity contribution in [3.8, 4) is 0 Å². The summed E-state index contributed by atoms with van der Waals surface area (Å²) in [5, 5.41) is 0. The van der Waals surface area contributed by atoms with Crippen LogP contribution < -0.4 is 0 Å². The van der Waals surface area contributed by atoms with Gasteiger partial charge in [0.2, 0.25) is 0 Å². The summed E-state index contributed by atoms with van der Waals surface area (Å²) < 4.78 is 0. The molecule has 0 heterocycles. The van der Waals surface area contributed by atoms with E-state index in [0.717, 1.165) is 22.7 Å². The zero-order chi connectivity index (χ0) is 14.6. The second kappa shape index (κ2) is 6.84. The summed E-state index contributed by atoms with van der Waals surface area (Å²) in [6.45, 7) is 8.78. The molecule has 0 spiro atoms. The Kier molecular flexibility index (Phi) is 5.60. The summed E-state index contributed by atoms with van der Waals surface area (Å²) in [5.74, 6) is 2.16. The number of unbranched alkanes of at least 4 members (excludes halogenated alkanes) is 3. The van der Waals surface area contributed by atoms with Crippen LogP contribution >= 0.6 is 0 Å². The summed E-state index contributed by atoms with van der Waals surface area (Å²) >= 11 is 0. The van der Waals surface area contributed by atoms with Crippen LogP contribution in [0, 0.1) is 22.7 Å². The van der Waals surface area contributed by atoms with E-state index < -0.39 is 0 Å². The molecule has 0 aromatic heterocycles. The fourth-order valence-corrected chi connectivity index (χ4v) is 5.48. The number of hydrogen-bond acceptors (Lipinski definition) is 0. The minimum Gasteiger partial charge on any atom is -0.0683 e. The summed E-state index contributed by atoms with van der Waals surface area (Å²) in [6.07, 6.45) is 18.5. The molecule has 0 heteroatoms. The van der Waals surface area contributed by atoms with Crippen LogP contribution in [-0.2, 0) is 0 Å². The van der Waals surface area contributed by atoms with Gasteiger partial charge in [-0.25, -0.2) is 0 Å². The fraction of sp³-hybridized carbons (Fsp3) is 1.00. The van der Waals surface area contributed by atoms with E-state index in [1.54, 1.807) is 38.5 Å². The van der Waals surface area contributed by atoms with Crippen molar-refractivity contribution in [2.75, 3.05) is 0 Å². The highest BCUT2D eigenvalue weighted by molar-refractivity contribution is 5.24. The van der Waals surface area contributed by atoms with Crippen molar-refractivity contribution < 1.29 is 0 Å². The van der Waals surface area contributed by atoms with Crippen molar-refractivity contribution >= 4 is 0 Å². The van der Waals surface area contributed by atoms with Gasteiger partial charge in [0, 0.05) is 0 Å². The smallest absolute Gasteiger partial charge is 0.0207 e. The predicted molar refractivity (Wildman–Crippen MR) is 89.9 cm³/mol. The lowest BCUT2D eigenvalue weighted by molar-refractivity contribution is 0.0605. The van der Waals surface area contributed by atoms with Gasteiger partial charge in [-0.2, -0.15) is 0 Å². The predicted octanol–water partition coefficient (Wildman–Crippen LogP) is 6.98. The SMILES string of the molecule is CC.CCCCCCC12CCC1(C1CCC(C)CC1)C2. The quantitative estimate of drug-likeness (QED) is 0.460. The molecule has 2 unspecified atom stereocenters. The Hall–Kier alpha value is 0. The molecule has 0 aromatic carbocycles. The molecule has 0 radical (unpaired) electrons. The molecule has 3 rings (SSSR count). The van der Waals surface area contributed by atoms with Crippen molar-refractivity contribution in [2.24, 2.45) is 22.7 Å². The first-order valence-corrected chi connectivity index (χ1v) is 9.72. The van der Waals surface area contributed by atoms with Crippen molar-refractivity contribution in [3.63, 3.8) is 0 Å². The average Bonchev–Trinajstić information content (AvgIpc) is 2.95. The zero-order valence-electron chi connectivity index (χ0n) is 14.6. The van der Waals surface area contributed by atoms with Crippen molar-refractivity contribution in [1.29, 1.82) is 0 Å². The Labute approximate surface area is 128 Å². The maximum atomic E-state index is 2.46. The second-order valence-corrected chi connectivity index (χ2v) is 7.88. The first kappa shape index (κ1) is 16.4. The Bertz CT molecular complexity index is 286. The van der Waals surface area contributed by atoms with Gasteiger partial charge in [-0.05, 0) is 61.2 Å². The normalized spacial score (nSPS) is 42.0. The highest BCUT2D eigenvalue weighted by atomic mass is 14.8. The Morgan fingerprint density at radius 2 is 1.60 bits per heavy atom. The van der Waals surface area contributed by atoms with Gasteiger partial charge in [0.1, 0.15) is 0 Å². The lowest BCUT2D eigenvalue weighted by atomic mass is 9.61. The van der Waals surface area contributed by atoms with E-state index in [0.29, 0.717) is 0 Å². The fourth-order valence-electron chi connectivity index (χ4n) is 5.48. The zero-order valence-corrected chi connectivity index (χ0v) is 14.6. The summed E-state index contributed by atoms with van der Waals surface area (Å²) in [4.78, 5) is 0. The molecular formula is C20H38. The van der Waals surface area contributed by atoms with Crippen molar-refractivity contribution in [3.05, 3.63) is 0 Å². The van der Waals surface area contributed by atoms with Crippen LogP contribution in [0.5, 0.6) is 0 Å². The van der Waals surface area contributed by atoms with E-state index in [9.17, 15) is 0 Å². The van der Waals surface area contributed by atoms with Gasteiger partial charge in [0.25, 0.3) is 0 Å². The van der Waals surface area contributed by atoms with Crippen LogP contribution in [-0.4, -0.2) is 0 Å². The lowest BCUT2D eigenvalue weighted by Crippen LogP contribution is -2.34. The molecule has 20 heavy (non-hydrogen) atoms. The monoisotopic (exact) mass is 278 g/mol. The molecule has 3 saturated carbocycles. The third-order valence-corrected chi connectivity index (χ3v) is 6.94. The largest absolute Gasteiger partial charge is 0.0683 e. The van der Waals surface area contributed by atoms with Crippen molar-refractivity contribution in [1.82, 2.24) is 0 Å². The van der Waals surface area contributed by atoms with Gasteiger partial charge in [-0.3, -0.25) is 0 Å². The third-order valence-electron chi connectivity index (χ3n) is 6.94. The second-order valence-electron chi connectivity index (χ2n) is 7.88. The van der Waals surface area contributed by atoms with E-state index in [1.807, 2.05) is 13.8 Å². The van der Waals surface area contributed by atoms with Crippen LogP contribution in [0.1, 0.15) is 105 Å². The maximum absolute atomic E-state index is 2.46. The summed E-state index contributed by atoms with van der Waals surface area (Å²) in [5.41, 5.74) is 1.77. The van der Waals surface area contributed by atoms with Crippen LogP contribution in [0.2, 0.25) is 0 Å². The van der Waals surface area contributed by atoms with Gasteiger partial charge in [-0.1, -0.05) is 66.2 Å². The van der Waals surface area contributed by atoms with E-state index in [1.165, 1.54) is 38.5 Å². The Balaban J connectivity index is 0.000000704. The average molecular weight is 279 g/mol. The maximum Gasteiger partial charge on any atom is -0.0207 e. The Morgan fingerprint density at radius 1 is 0.900 bits per heavy atom. The first-order valence-electron chi connectivity index (χ1n) is 9.72. The number of hydrogen-bond donors (Lipinski definition) is 0. The molecule has 0 N–H and O–H groups in total. The lowest BCUT2D eigenvalue weighted by Gasteiger charge is -2.44. The molecule has 0 aromatic rings. The topological polar surface area (TPSA) is 0 Å². The number of rotatable bonds is 6. The van der Waals surface area contributed by atoms with E-state index in [2.05, 4.69) is 13.8 Å². The molecule has 0 amide bonds. The highest BCUT2D eigenvalue weighted by Crippen LogP contribution is 2.83. The summed E-state index contributed by atoms with van der Waals surface area (Å²) in [7, 11) is 0. The molecule has 0 aliphatic heterocycles. The van der Waals surface area contributed by atoms with E-state index >= 15 is 0 Å². The van der Waals surface area contributed by atoms with Crippen LogP contribution in [0.25, 0.3) is 0 Å². The van der Waals surface area contributed by atoms with Crippen LogP contribution in [0.15, 0.2) is 0 Å². The molecule has 0 bridgehead atoms. The van der Waals surface area contributed by atoms with Crippen LogP contribution in [0.3, 0.4) is 0 Å². The number of fused-ring (bicyclic) bond motifs is 1. The molecule has 2 atom stereocenters. The van der Waals surface area contributed by atoms with Crippen molar-refractivity contribution in [2.45, 2.75) is 105 Å². The van der Waals surface area contributed by atoms with E-state index in [4.69, 9.17) is 0 Å². The molecule has 3 aliphatic rings. The first-order chi connectivity index (χ1) is 9.72. The molecule has 118 valence electrons. The minimum atomic E-state index is 0.881. The third kappa shape index (κ3) is 2.81. The van der Waals surface area contributed by atoms with Gasteiger partial charge < -0.3 is 0 Å². The van der Waals surface area contributed by atoms with Gasteiger partial charge in [-0.15, -0.1) is 0 Å². The van der Waals surface area contributed by atoms with Crippen LogP contribution in [0.4, 0.5) is 0 Å². The summed E-state index contributed by atoms with van der Waals surface area (Å²) in [6, 6.07) is 0. The van der Waals surface area contributed by atoms with Gasteiger partial charge >= 0.3 is 0 Å². The molecule has 3 aliphatic carbocycles. The molecular weight excluding hydrogens is 240 g/mol. The molecule has 0 nitrogen and oxygen atoms in total. The molecule has 3 fully saturated rings. The van der Waals surface area contributed by atoms with E-state index in [-0.39, 0.29) is 0 Å². The standard InChI is InChI=1S/C18H32.C2H6/c1-3-4-5-6-11-17-12-13-18(17,14-17)16-9-7-15(2)8-10-16;1-2/h15-16H,3-14H2,1-2H3;1-2H3. The minimum absolute atomic E-state index is 0.881. The van der Waals surface area contributed by atoms with Gasteiger partial charge in [0.05, 0.1) is 0 Å². The highest BCUT2D eigenvalue weighted by Gasteiger charge is 2.74.